The van der Waals surface area contributed by atoms with Crippen LogP contribution in [0.2, 0.25) is 0 Å². The van der Waals surface area contributed by atoms with Gasteiger partial charge in [-0.2, -0.15) is 0 Å². The van der Waals surface area contributed by atoms with Crippen LogP contribution in [0.3, 0.4) is 0 Å². The lowest BCUT2D eigenvalue weighted by Gasteiger charge is -2.32. The van der Waals surface area contributed by atoms with Crippen molar-refractivity contribution in [1.29, 1.82) is 0 Å². The fourth-order valence-corrected chi connectivity index (χ4v) is 3.77. The number of hydrogen-bond donors (Lipinski definition) is 2. The highest BCUT2D eigenvalue weighted by atomic mass is 32.1. The minimum absolute atomic E-state index is 0.156. The van der Waals surface area contributed by atoms with Gasteiger partial charge in [0, 0.05) is 6.07 Å². The second kappa shape index (κ2) is 7.99. The molecule has 0 radical (unpaired) electrons. The Labute approximate surface area is 157 Å². The summed E-state index contributed by atoms with van der Waals surface area (Å²) in [4.78, 5) is 0. The highest BCUT2D eigenvalue weighted by Crippen LogP contribution is 2.39. The van der Waals surface area contributed by atoms with Crippen LogP contribution in [0.1, 0.15) is 38.2 Å². The quantitative estimate of drug-likeness (QED) is 0.710. The van der Waals surface area contributed by atoms with E-state index in [0.717, 1.165) is 43.1 Å². The Kier molecular flexibility index (Phi) is 5.71. The number of halogens is 2. The molecule has 3 rings (SSSR count). The zero-order valence-corrected chi connectivity index (χ0v) is 15.5. The fraction of sp³-hybridized carbons (Fsp3) is 0.350. The van der Waals surface area contributed by atoms with Crippen molar-refractivity contribution < 1.29 is 13.5 Å². The topological polar surface area (TPSA) is 33.3 Å². The standard InChI is InChI=1S/C20H22F2N2OS/c1-2-25-16-8-5-14(6-9-16)20(11-3-4-12-20)24-19(26)23-18-10-7-15(21)13-17(18)22/h5-10,13H,2-4,11-12H2,1H3,(H2,23,24,26). The summed E-state index contributed by atoms with van der Waals surface area (Å²) in [5.74, 6) is -0.456. The van der Waals surface area contributed by atoms with Crippen LogP contribution in [-0.4, -0.2) is 11.7 Å². The summed E-state index contributed by atoms with van der Waals surface area (Å²) >= 11 is 5.40. The van der Waals surface area contributed by atoms with E-state index in [-0.39, 0.29) is 11.2 Å². The van der Waals surface area contributed by atoms with E-state index < -0.39 is 11.6 Å². The number of ether oxygens (including phenoxy) is 1. The Balaban J connectivity index is 1.76. The highest BCUT2D eigenvalue weighted by molar-refractivity contribution is 7.80. The summed E-state index contributed by atoms with van der Waals surface area (Å²) in [6.07, 6.45) is 4.06. The van der Waals surface area contributed by atoms with Gasteiger partial charge >= 0.3 is 0 Å². The van der Waals surface area contributed by atoms with E-state index in [9.17, 15) is 8.78 Å². The maximum atomic E-state index is 13.9. The molecule has 26 heavy (non-hydrogen) atoms. The predicted molar refractivity (Wildman–Crippen MR) is 103 cm³/mol. The Morgan fingerprint density at radius 1 is 1.12 bits per heavy atom. The van der Waals surface area contributed by atoms with Gasteiger partial charge in [0.2, 0.25) is 0 Å². The third-order valence-electron chi connectivity index (χ3n) is 4.71. The number of anilines is 1. The third kappa shape index (κ3) is 4.12. The monoisotopic (exact) mass is 376 g/mol. The summed E-state index contributed by atoms with van der Waals surface area (Å²) in [6, 6.07) is 11.4. The van der Waals surface area contributed by atoms with Crippen molar-refractivity contribution in [2.45, 2.75) is 38.1 Å². The molecule has 0 saturated heterocycles. The lowest BCUT2D eigenvalue weighted by atomic mass is 9.88. The van der Waals surface area contributed by atoms with Crippen LogP contribution in [0.25, 0.3) is 0 Å². The van der Waals surface area contributed by atoms with E-state index in [1.165, 1.54) is 12.1 Å². The highest BCUT2D eigenvalue weighted by Gasteiger charge is 2.36. The van der Waals surface area contributed by atoms with Crippen molar-refractivity contribution in [3.05, 3.63) is 59.7 Å². The van der Waals surface area contributed by atoms with Gasteiger partial charge in [0.25, 0.3) is 0 Å². The molecule has 1 aliphatic carbocycles. The number of benzene rings is 2. The first-order valence-electron chi connectivity index (χ1n) is 8.80. The summed E-state index contributed by atoms with van der Waals surface area (Å²) < 4.78 is 32.4. The third-order valence-corrected chi connectivity index (χ3v) is 4.91. The minimum Gasteiger partial charge on any atom is -0.494 e. The fourth-order valence-electron chi connectivity index (χ4n) is 3.46. The maximum Gasteiger partial charge on any atom is 0.171 e. The van der Waals surface area contributed by atoms with Crippen molar-refractivity contribution in [2.75, 3.05) is 11.9 Å². The van der Waals surface area contributed by atoms with Crippen molar-refractivity contribution in [3.63, 3.8) is 0 Å². The molecule has 0 amide bonds. The first-order valence-corrected chi connectivity index (χ1v) is 9.21. The smallest absolute Gasteiger partial charge is 0.171 e. The zero-order valence-electron chi connectivity index (χ0n) is 14.6. The van der Waals surface area contributed by atoms with Gasteiger partial charge in [0.05, 0.1) is 17.8 Å². The van der Waals surface area contributed by atoms with Gasteiger partial charge in [0.15, 0.2) is 5.11 Å². The number of nitrogens with one attached hydrogen (secondary N) is 2. The van der Waals surface area contributed by atoms with Gasteiger partial charge in [-0.05, 0) is 61.8 Å². The first-order chi connectivity index (χ1) is 12.5. The lowest BCUT2D eigenvalue weighted by Crippen LogP contribution is -2.45. The van der Waals surface area contributed by atoms with Crippen molar-refractivity contribution in [3.8, 4) is 5.75 Å². The number of rotatable bonds is 5. The van der Waals surface area contributed by atoms with E-state index >= 15 is 0 Å². The van der Waals surface area contributed by atoms with Gasteiger partial charge < -0.3 is 15.4 Å². The van der Waals surface area contributed by atoms with Gasteiger partial charge in [0.1, 0.15) is 17.4 Å². The van der Waals surface area contributed by atoms with E-state index in [1.54, 1.807) is 0 Å². The van der Waals surface area contributed by atoms with Crippen molar-refractivity contribution in [1.82, 2.24) is 5.32 Å². The Morgan fingerprint density at radius 3 is 2.42 bits per heavy atom. The maximum absolute atomic E-state index is 13.9. The van der Waals surface area contributed by atoms with Crippen LogP contribution in [0.5, 0.6) is 5.75 Å². The molecular formula is C20H22F2N2OS. The summed E-state index contributed by atoms with van der Waals surface area (Å²) in [7, 11) is 0. The van der Waals surface area contributed by atoms with E-state index in [4.69, 9.17) is 17.0 Å². The van der Waals surface area contributed by atoms with Crippen molar-refractivity contribution >= 4 is 23.0 Å². The summed E-state index contributed by atoms with van der Waals surface area (Å²) in [5, 5.41) is 6.54. The molecule has 0 aromatic heterocycles. The van der Waals surface area contributed by atoms with Crippen LogP contribution in [0.4, 0.5) is 14.5 Å². The molecular weight excluding hydrogens is 354 g/mol. The Bertz CT molecular complexity index is 774. The molecule has 1 saturated carbocycles. The molecule has 0 aliphatic heterocycles. The Hall–Kier alpha value is -2.21. The number of thiocarbonyl (C=S) groups is 1. The lowest BCUT2D eigenvalue weighted by molar-refractivity contribution is 0.339. The largest absolute Gasteiger partial charge is 0.494 e. The van der Waals surface area contributed by atoms with Crippen LogP contribution < -0.4 is 15.4 Å². The summed E-state index contributed by atoms with van der Waals surface area (Å²) in [5.41, 5.74) is 0.997. The van der Waals surface area contributed by atoms with Crippen LogP contribution in [0.15, 0.2) is 42.5 Å². The minimum atomic E-state index is -0.671. The normalized spacial score (nSPS) is 15.5. The molecule has 0 unspecified atom stereocenters. The molecule has 2 aromatic carbocycles. The molecule has 2 N–H and O–H groups in total. The van der Waals surface area contributed by atoms with Gasteiger partial charge in [-0.1, -0.05) is 25.0 Å². The zero-order chi connectivity index (χ0) is 18.6. The average Bonchev–Trinajstić information content (AvgIpc) is 3.08. The van der Waals surface area contributed by atoms with E-state index in [2.05, 4.69) is 10.6 Å². The molecule has 138 valence electrons. The van der Waals surface area contributed by atoms with E-state index in [1.807, 2.05) is 31.2 Å². The van der Waals surface area contributed by atoms with Crippen molar-refractivity contribution in [2.24, 2.45) is 0 Å². The molecule has 6 heteroatoms. The molecule has 1 aliphatic rings. The summed E-state index contributed by atoms with van der Waals surface area (Å²) in [6.45, 7) is 2.58. The first kappa shape index (κ1) is 18.6. The van der Waals surface area contributed by atoms with Crippen LogP contribution >= 0.6 is 12.2 Å². The number of hydrogen-bond acceptors (Lipinski definition) is 2. The Morgan fingerprint density at radius 2 is 1.81 bits per heavy atom. The molecule has 2 aromatic rings. The van der Waals surface area contributed by atoms with Crippen LogP contribution in [-0.2, 0) is 5.54 Å². The molecule has 1 fully saturated rings. The molecule has 0 bridgehead atoms. The molecule has 3 nitrogen and oxygen atoms in total. The average molecular weight is 376 g/mol. The van der Waals surface area contributed by atoms with Gasteiger partial charge in [-0.3, -0.25) is 0 Å². The molecule has 0 atom stereocenters. The van der Waals surface area contributed by atoms with E-state index in [0.29, 0.717) is 11.7 Å². The van der Waals surface area contributed by atoms with Gasteiger partial charge in [-0.25, -0.2) is 8.78 Å². The SMILES string of the molecule is CCOc1ccc(C2(NC(=S)Nc3ccc(F)cc3F)CCCC2)cc1. The second-order valence-electron chi connectivity index (χ2n) is 6.45. The second-order valence-corrected chi connectivity index (χ2v) is 6.86. The molecule has 0 spiro atoms. The predicted octanol–water partition coefficient (Wildman–Crippen LogP) is 5.12. The van der Waals surface area contributed by atoms with Gasteiger partial charge in [-0.15, -0.1) is 0 Å². The molecule has 0 heterocycles. The van der Waals surface area contributed by atoms with Crippen LogP contribution in [0, 0.1) is 11.6 Å².